The number of rotatable bonds is 3. The van der Waals surface area contributed by atoms with Crippen LogP contribution in [0.15, 0.2) is 10.2 Å². The second kappa shape index (κ2) is 6.45. The van der Waals surface area contributed by atoms with Crippen molar-refractivity contribution >= 4 is 34.5 Å². The van der Waals surface area contributed by atoms with Gasteiger partial charge in [0.05, 0.1) is 11.4 Å². The second-order valence-electron chi connectivity index (χ2n) is 5.55. The third-order valence-electron chi connectivity index (χ3n) is 3.89. The van der Waals surface area contributed by atoms with E-state index in [1.165, 1.54) is 23.2 Å². The topological polar surface area (TPSA) is 79.0 Å². The van der Waals surface area contributed by atoms with Gasteiger partial charge in [0.1, 0.15) is 5.82 Å². The van der Waals surface area contributed by atoms with Crippen LogP contribution in [-0.2, 0) is 17.6 Å². The fraction of sp³-hybridized carbons (Fsp3) is 0.375. The summed E-state index contributed by atoms with van der Waals surface area (Å²) in [5.41, 5.74) is 2.44. The van der Waals surface area contributed by atoms with Crippen molar-refractivity contribution in [3.8, 4) is 0 Å². The number of H-pyrrole nitrogens is 1. The van der Waals surface area contributed by atoms with E-state index in [9.17, 15) is 9.59 Å². The predicted molar refractivity (Wildman–Crippen MR) is 91.6 cm³/mol. The van der Waals surface area contributed by atoms with E-state index in [0.29, 0.717) is 11.0 Å². The third kappa shape index (κ3) is 3.39. The molecule has 23 heavy (non-hydrogen) atoms. The number of anilines is 1. The molecular weight excluding hydrogens is 312 g/mol. The molecule has 7 heteroatoms. The number of thiazole rings is 1. The van der Waals surface area contributed by atoms with Crippen LogP contribution in [0.2, 0.25) is 0 Å². The van der Waals surface area contributed by atoms with Crippen molar-refractivity contribution in [1.82, 2.24) is 15.0 Å². The molecule has 1 aliphatic rings. The summed E-state index contributed by atoms with van der Waals surface area (Å²) in [7, 11) is 1.69. The lowest BCUT2D eigenvalue weighted by molar-refractivity contribution is -0.116. The highest BCUT2D eigenvalue weighted by Crippen LogP contribution is 2.21. The molecule has 0 atom stereocenters. The molecule has 1 N–H and O–H groups in total. The number of nitrogens with one attached hydrogen (secondary N) is 1. The molecule has 0 aromatic carbocycles. The van der Waals surface area contributed by atoms with E-state index in [-0.39, 0.29) is 11.5 Å². The number of aryl methyl sites for hydroxylation is 1. The van der Waals surface area contributed by atoms with Crippen molar-refractivity contribution in [3.63, 3.8) is 0 Å². The van der Waals surface area contributed by atoms with Gasteiger partial charge in [0.2, 0.25) is 5.91 Å². The molecular formula is C16H18N4O2S. The second-order valence-corrected chi connectivity index (χ2v) is 6.39. The van der Waals surface area contributed by atoms with Crippen molar-refractivity contribution in [1.29, 1.82) is 0 Å². The average molecular weight is 330 g/mol. The Labute approximate surface area is 137 Å². The molecule has 2 aromatic rings. The van der Waals surface area contributed by atoms with Gasteiger partial charge in [-0.2, -0.15) is 0 Å². The zero-order chi connectivity index (χ0) is 16.4. The molecule has 1 amide bonds. The van der Waals surface area contributed by atoms with Gasteiger partial charge in [-0.15, -0.1) is 11.3 Å². The average Bonchev–Trinajstić information content (AvgIpc) is 3.01. The smallest absolute Gasteiger partial charge is 0.254 e. The number of fused-ring (bicyclic) bond motifs is 1. The summed E-state index contributed by atoms with van der Waals surface area (Å²) in [5, 5.41) is 2.51. The molecule has 0 fully saturated rings. The highest BCUT2D eigenvalue weighted by molar-refractivity contribution is 7.14. The maximum absolute atomic E-state index is 12.1. The van der Waals surface area contributed by atoms with E-state index in [4.69, 9.17) is 0 Å². The van der Waals surface area contributed by atoms with Crippen LogP contribution in [0.5, 0.6) is 0 Å². The van der Waals surface area contributed by atoms with Crippen LogP contribution in [0.1, 0.15) is 42.5 Å². The predicted octanol–water partition coefficient (Wildman–Crippen LogP) is 2.26. The Morgan fingerprint density at radius 3 is 2.87 bits per heavy atom. The number of aromatic amines is 1. The van der Waals surface area contributed by atoms with Crippen LogP contribution >= 0.6 is 11.3 Å². The molecule has 120 valence electrons. The Balaban J connectivity index is 1.82. The van der Waals surface area contributed by atoms with Crippen LogP contribution in [0, 0.1) is 0 Å². The van der Waals surface area contributed by atoms with Crippen molar-refractivity contribution in [2.75, 3.05) is 11.9 Å². The summed E-state index contributed by atoms with van der Waals surface area (Å²) in [6.45, 7) is 1.50. The van der Waals surface area contributed by atoms with Gasteiger partial charge in [-0.3, -0.25) is 14.5 Å². The molecule has 2 aromatic heterocycles. The highest BCUT2D eigenvalue weighted by Gasteiger charge is 2.14. The monoisotopic (exact) mass is 330 g/mol. The fourth-order valence-corrected chi connectivity index (χ4v) is 3.31. The maximum atomic E-state index is 12.1. The number of hydrogen-bond donors (Lipinski definition) is 1. The Hall–Kier alpha value is -2.28. The third-order valence-corrected chi connectivity index (χ3v) is 4.83. The molecule has 0 saturated carbocycles. The van der Waals surface area contributed by atoms with Gasteiger partial charge in [-0.1, -0.05) is 0 Å². The lowest BCUT2D eigenvalue weighted by Crippen LogP contribution is -2.22. The van der Waals surface area contributed by atoms with Crippen LogP contribution in [-0.4, -0.2) is 27.9 Å². The number of carbonyl (C=O) groups excluding carboxylic acids is 1. The zero-order valence-electron chi connectivity index (χ0n) is 13.1. The molecule has 3 rings (SSSR count). The van der Waals surface area contributed by atoms with Gasteiger partial charge >= 0.3 is 0 Å². The standard InChI is InChI=1S/C16H18N4O2S/c1-10(21)20(2)16-17-11(9-23-16)7-8-14-18-13-6-4-3-5-12(13)15(22)19-14/h7-9H,3-6H2,1-2H3,(H,18,19,22). The lowest BCUT2D eigenvalue weighted by atomic mass is 9.97. The quantitative estimate of drug-likeness (QED) is 0.936. The number of carbonyl (C=O) groups is 1. The minimum Gasteiger partial charge on any atom is -0.307 e. The molecule has 2 heterocycles. The maximum Gasteiger partial charge on any atom is 0.254 e. The van der Waals surface area contributed by atoms with Gasteiger partial charge in [0.15, 0.2) is 5.13 Å². The molecule has 0 radical (unpaired) electrons. The Morgan fingerprint density at radius 1 is 1.30 bits per heavy atom. The first kappa shape index (κ1) is 15.6. The highest BCUT2D eigenvalue weighted by atomic mass is 32.1. The van der Waals surface area contributed by atoms with E-state index in [1.807, 2.05) is 5.38 Å². The van der Waals surface area contributed by atoms with Gasteiger partial charge in [0.25, 0.3) is 5.56 Å². The minimum absolute atomic E-state index is 0.0374. The summed E-state index contributed by atoms with van der Waals surface area (Å²) in [5.74, 6) is 0.487. The number of nitrogens with zero attached hydrogens (tertiary/aromatic N) is 3. The van der Waals surface area contributed by atoms with Gasteiger partial charge in [-0.25, -0.2) is 9.97 Å². The number of aromatic nitrogens is 3. The Bertz CT molecular complexity index is 822. The van der Waals surface area contributed by atoms with Crippen LogP contribution in [0.4, 0.5) is 5.13 Å². The number of amides is 1. The van der Waals surface area contributed by atoms with Gasteiger partial charge < -0.3 is 4.98 Å². The van der Waals surface area contributed by atoms with Gasteiger partial charge in [-0.05, 0) is 37.8 Å². The summed E-state index contributed by atoms with van der Waals surface area (Å²) in [6.07, 6.45) is 7.36. The van der Waals surface area contributed by atoms with Crippen molar-refractivity contribution in [2.24, 2.45) is 0 Å². The molecule has 0 aliphatic heterocycles. The molecule has 0 saturated heterocycles. The summed E-state index contributed by atoms with van der Waals surface area (Å²) in [6, 6.07) is 0. The number of hydrogen-bond acceptors (Lipinski definition) is 5. The Kier molecular flexibility index (Phi) is 4.38. The van der Waals surface area contributed by atoms with E-state index in [2.05, 4.69) is 15.0 Å². The molecule has 0 unspecified atom stereocenters. The summed E-state index contributed by atoms with van der Waals surface area (Å²) < 4.78 is 0. The van der Waals surface area contributed by atoms with Crippen molar-refractivity contribution in [3.05, 3.63) is 38.5 Å². The SMILES string of the molecule is CC(=O)N(C)c1nc(C=Cc2nc3c(c(=O)[nH]2)CCCC3)cs1. The van der Waals surface area contributed by atoms with E-state index in [1.54, 1.807) is 19.2 Å². The summed E-state index contributed by atoms with van der Waals surface area (Å²) >= 11 is 1.40. The largest absolute Gasteiger partial charge is 0.307 e. The molecule has 6 nitrogen and oxygen atoms in total. The normalized spacial score (nSPS) is 14.0. The van der Waals surface area contributed by atoms with E-state index < -0.39 is 0 Å². The first-order valence-electron chi connectivity index (χ1n) is 7.54. The molecule has 0 bridgehead atoms. The minimum atomic E-state index is -0.0597. The molecule has 0 spiro atoms. The lowest BCUT2D eigenvalue weighted by Gasteiger charge is -2.13. The molecule has 1 aliphatic carbocycles. The van der Waals surface area contributed by atoms with Crippen molar-refractivity contribution in [2.45, 2.75) is 32.6 Å². The van der Waals surface area contributed by atoms with Crippen LogP contribution in [0.25, 0.3) is 12.2 Å². The Morgan fingerprint density at radius 2 is 2.09 bits per heavy atom. The van der Waals surface area contributed by atoms with Crippen molar-refractivity contribution < 1.29 is 4.79 Å². The van der Waals surface area contributed by atoms with Gasteiger partial charge in [0, 0.05) is 24.9 Å². The van der Waals surface area contributed by atoms with E-state index >= 15 is 0 Å². The first-order valence-corrected chi connectivity index (χ1v) is 8.42. The fourth-order valence-electron chi connectivity index (χ4n) is 2.51. The first-order chi connectivity index (χ1) is 11.0. The summed E-state index contributed by atoms with van der Waals surface area (Å²) in [4.78, 5) is 36.6. The van der Waals surface area contributed by atoms with Crippen LogP contribution < -0.4 is 10.5 Å². The van der Waals surface area contributed by atoms with Crippen LogP contribution in [0.3, 0.4) is 0 Å². The zero-order valence-corrected chi connectivity index (χ0v) is 13.9. The van der Waals surface area contributed by atoms with E-state index in [0.717, 1.165) is 42.6 Å².